The molecule has 1 aliphatic rings. The zero-order valence-electron chi connectivity index (χ0n) is 17.1. The zero-order chi connectivity index (χ0) is 20.8. The molecule has 0 saturated heterocycles. The Morgan fingerprint density at radius 1 is 1.25 bits per heavy atom. The van der Waals surface area contributed by atoms with E-state index in [9.17, 15) is 14.8 Å². The second-order valence-corrected chi connectivity index (χ2v) is 8.51. The van der Waals surface area contributed by atoms with E-state index < -0.39 is 5.41 Å². The lowest BCUT2D eigenvalue weighted by atomic mass is 9.64. The fourth-order valence-electron chi connectivity index (χ4n) is 3.29. The molecule has 1 heterocycles. The normalized spacial score (nSPS) is 17.8. The van der Waals surface area contributed by atoms with E-state index in [-0.39, 0.29) is 23.8 Å². The molecule has 0 atom stereocenters. The molecule has 156 valence electrons. The molecule has 1 fully saturated rings. The molecule has 0 unspecified atom stereocenters. The van der Waals surface area contributed by atoms with Crippen LogP contribution in [0.25, 0.3) is 0 Å². The number of hydrogen-bond donors (Lipinski definition) is 3. The van der Waals surface area contributed by atoms with Crippen LogP contribution in [0.3, 0.4) is 0 Å². The fourth-order valence-corrected chi connectivity index (χ4v) is 3.29. The highest BCUT2D eigenvalue weighted by Gasteiger charge is 2.45. The van der Waals surface area contributed by atoms with Gasteiger partial charge in [0.2, 0.25) is 18.3 Å². The van der Waals surface area contributed by atoms with E-state index in [0.717, 1.165) is 19.4 Å². The number of anilines is 1. The van der Waals surface area contributed by atoms with E-state index in [0.29, 0.717) is 36.6 Å². The van der Waals surface area contributed by atoms with Crippen molar-refractivity contribution in [3.05, 3.63) is 12.2 Å². The van der Waals surface area contributed by atoms with Gasteiger partial charge in [0, 0.05) is 13.0 Å². The molecule has 1 aliphatic carbocycles. The molecular weight excluding hydrogens is 362 g/mol. The monoisotopic (exact) mass is 393 g/mol. The summed E-state index contributed by atoms with van der Waals surface area (Å²) in [6, 6.07) is 0. The SMILES string of the molecule is CN(C)CCc1ncnc(NNC(=O)C2(CN(O)C=O)CCC(C)(C)CC2)n1. The largest absolute Gasteiger partial charge is 0.309 e. The van der Waals surface area contributed by atoms with Crippen molar-refractivity contribution in [1.82, 2.24) is 30.3 Å². The van der Waals surface area contributed by atoms with E-state index >= 15 is 0 Å². The van der Waals surface area contributed by atoms with Crippen LogP contribution in [0.15, 0.2) is 6.33 Å². The van der Waals surface area contributed by atoms with Gasteiger partial charge in [-0.2, -0.15) is 9.97 Å². The number of hydroxylamine groups is 2. The fraction of sp³-hybridized carbons (Fsp3) is 0.722. The highest BCUT2D eigenvalue weighted by atomic mass is 16.5. The first-order valence-electron chi connectivity index (χ1n) is 9.46. The van der Waals surface area contributed by atoms with Gasteiger partial charge < -0.3 is 4.90 Å². The van der Waals surface area contributed by atoms with E-state index in [1.807, 2.05) is 19.0 Å². The van der Waals surface area contributed by atoms with Crippen LogP contribution in [0.2, 0.25) is 0 Å². The van der Waals surface area contributed by atoms with Crippen molar-refractivity contribution in [2.45, 2.75) is 46.0 Å². The lowest BCUT2D eigenvalue weighted by Gasteiger charge is -2.42. The average molecular weight is 393 g/mol. The van der Waals surface area contributed by atoms with Crippen LogP contribution in [0.5, 0.6) is 0 Å². The minimum atomic E-state index is -0.862. The van der Waals surface area contributed by atoms with E-state index in [4.69, 9.17) is 0 Å². The van der Waals surface area contributed by atoms with Crippen molar-refractivity contribution in [2.75, 3.05) is 32.6 Å². The third-order valence-corrected chi connectivity index (χ3v) is 5.32. The van der Waals surface area contributed by atoms with Crippen LogP contribution in [0.1, 0.15) is 45.4 Å². The first kappa shape index (κ1) is 22.0. The first-order chi connectivity index (χ1) is 13.2. The summed E-state index contributed by atoms with van der Waals surface area (Å²) in [4.78, 5) is 38.3. The highest BCUT2D eigenvalue weighted by Crippen LogP contribution is 2.45. The van der Waals surface area contributed by atoms with Gasteiger partial charge in [0.25, 0.3) is 0 Å². The summed E-state index contributed by atoms with van der Waals surface area (Å²) in [5.41, 5.74) is 4.67. The molecule has 1 saturated carbocycles. The standard InChI is InChI=1S/C18H31N7O3/c1-17(2)6-8-18(9-7-17,11-25(28)13-26)15(27)22-23-16-20-12-19-14(21-16)5-10-24(3)4/h12-13,28H,5-11H2,1-4H3,(H,22,27)(H,19,20,21,23). The Kier molecular flexibility index (Phi) is 7.25. The van der Waals surface area contributed by atoms with Crippen molar-refractivity contribution < 1.29 is 14.8 Å². The third kappa shape index (κ3) is 6.10. The molecule has 0 bridgehead atoms. The van der Waals surface area contributed by atoms with E-state index in [2.05, 4.69) is 39.7 Å². The number of nitrogens with one attached hydrogen (secondary N) is 2. The molecule has 3 N–H and O–H groups in total. The number of nitrogens with zero attached hydrogens (tertiary/aromatic N) is 5. The second-order valence-electron chi connectivity index (χ2n) is 8.51. The van der Waals surface area contributed by atoms with Crippen molar-refractivity contribution >= 4 is 18.3 Å². The number of hydrogen-bond acceptors (Lipinski definition) is 8. The van der Waals surface area contributed by atoms with Crippen LogP contribution in [0, 0.1) is 10.8 Å². The Morgan fingerprint density at radius 2 is 1.93 bits per heavy atom. The van der Waals surface area contributed by atoms with Gasteiger partial charge in [-0.05, 0) is 45.2 Å². The molecule has 0 aromatic carbocycles. The van der Waals surface area contributed by atoms with Crippen molar-refractivity contribution in [2.24, 2.45) is 10.8 Å². The van der Waals surface area contributed by atoms with Crippen LogP contribution in [-0.4, -0.2) is 69.6 Å². The maximum Gasteiger partial charge on any atom is 0.246 e. The predicted octanol–water partition coefficient (Wildman–Crippen LogP) is 0.853. The number of rotatable bonds is 9. The van der Waals surface area contributed by atoms with Gasteiger partial charge in [-0.25, -0.2) is 10.0 Å². The summed E-state index contributed by atoms with van der Waals surface area (Å²) in [6.07, 6.45) is 5.18. The first-order valence-corrected chi connectivity index (χ1v) is 9.46. The number of aromatic nitrogens is 3. The molecule has 0 aliphatic heterocycles. The van der Waals surface area contributed by atoms with Gasteiger partial charge in [-0.3, -0.25) is 25.6 Å². The molecule has 0 radical (unpaired) electrons. The van der Waals surface area contributed by atoms with Crippen molar-refractivity contribution in [3.8, 4) is 0 Å². The van der Waals surface area contributed by atoms with Crippen LogP contribution in [0.4, 0.5) is 5.95 Å². The molecular formula is C18H31N7O3. The summed E-state index contributed by atoms with van der Waals surface area (Å²) >= 11 is 0. The van der Waals surface area contributed by atoms with Crippen LogP contribution in [-0.2, 0) is 16.0 Å². The lowest BCUT2D eigenvalue weighted by Crippen LogP contribution is -2.51. The van der Waals surface area contributed by atoms with Crippen molar-refractivity contribution in [1.29, 1.82) is 0 Å². The lowest BCUT2D eigenvalue weighted by molar-refractivity contribution is -0.164. The predicted molar refractivity (Wildman–Crippen MR) is 103 cm³/mol. The summed E-state index contributed by atoms with van der Waals surface area (Å²) < 4.78 is 0. The molecule has 28 heavy (non-hydrogen) atoms. The number of carbonyl (C=O) groups excluding carboxylic acids is 2. The number of hydrazine groups is 1. The third-order valence-electron chi connectivity index (χ3n) is 5.32. The molecule has 1 aromatic heterocycles. The van der Waals surface area contributed by atoms with E-state index in [1.54, 1.807) is 0 Å². The van der Waals surface area contributed by atoms with Gasteiger partial charge in [0.05, 0.1) is 12.0 Å². The summed E-state index contributed by atoms with van der Waals surface area (Å²) in [5.74, 6) is 0.579. The summed E-state index contributed by atoms with van der Waals surface area (Å²) in [7, 11) is 3.94. The minimum absolute atomic E-state index is 0.0502. The molecule has 0 spiro atoms. The minimum Gasteiger partial charge on any atom is -0.309 e. The van der Waals surface area contributed by atoms with Crippen LogP contribution >= 0.6 is 0 Å². The number of carbonyl (C=O) groups is 2. The average Bonchev–Trinajstić information content (AvgIpc) is 2.66. The summed E-state index contributed by atoms with van der Waals surface area (Å²) in [6.45, 7) is 5.06. The highest BCUT2D eigenvalue weighted by molar-refractivity contribution is 5.84. The molecule has 10 heteroatoms. The molecule has 2 amide bonds. The second kappa shape index (κ2) is 9.24. The summed E-state index contributed by atoms with van der Waals surface area (Å²) in [5, 5.41) is 10.2. The zero-order valence-corrected chi connectivity index (χ0v) is 17.1. The maximum atomic E-state index is 13.0. The Bertz CT molecular complexity index is 671. The molecule has 2 rings (SSSR count). The smallest absolute Gasteiger partial charge is 0.246 e. The maximum absolute atomic E-state index is 13.0. The van der Waals surface area contributed by atoms with Gasteiger partial charge in [-0.15, -0.1) is 0 Å². The quantitative estimate of drug-likeness (QED) is 0.321. The Morgan fingerprint density at radius 3 is 2.54 bits per heavy atom. The van der Waals surface area contributed by atoms with Gasteiger partial charge in [-0.1, -0.05) is 13.8 Å². The molecule has 1 aromatic rings. The Hall–Kier alpha value is -2.33. The molecule has 10 nitrogen and oxygen atoms in total. The van der Waals surface area contributed by atoms with Crippen LogP contribution < -0.4 is 10.9 Å². The number of amides is 2. The Labute approximate surface area is 165 Å². The topological polar surface area (TPSA) is 124 Å². The number of likely N-dealkylation sites (N-methyl/N-ethyl adjacent to an activating group) is 1. The van der Waals surface area contributed by atoms with Gasteiger partial charge in [0.1, 0.15) is 12.2 Å². The van der Waals surface area contributed by atoms with Gasteiger partial charge >= 0.3 is 0 Å². The van der Waals surface area contributed by atoms with Gasteiger partial charge in [0.15, 0.2) is 0 Å². The van der Waals surface area contributed by atoms with E-state index in [1.165, 1.54) is 6.33 Å². The van der Waals surface area contributed by atoms with Crippen molar-refractivity contribution in [3.63, 3.8) is 0 Å². The Balaban J connectivity index is 2.03.